The number of benzene rings is 2. The van der Waals surface area contributed by atoms with E-state index in [-0.39, 0.29) is 24.8 Å². The lowest BCUT2D eigenvalue weighted by Gasteiger charge is -2.35. The molecule has 0 radical (unpaired) electrons. The van der Waals surface area contributed by atoms with Gasteiger partial charge in [-0.2, -0.15) is 0 Å². The first-order chi connectivity index (χ1) is 13.9. The van der Waals surface area contributed by atoms with E-state index in [0.717, 1.165) is 37.4 Å². The molecular formula is C22H27ClN4O2. The molecule has 1 aliphatic heterocycles. The van der Waals surface area contributed by atoms with Crippen LogP contribution in [-0.2, 0) is 4.79 Å². The molecule has 0 atom stereocenters. The molecule has 0 bridgehead atoms. The minimum Gasteiger partial charge on any atom is -0.367 e. The van der Waals surface area contributed by atoms with Crippen LogP contribution in [0.4, 0.5) is 11.4 Å². The van der Waals surface area contributed by atoms with Crippen LogP contribution in [0.25, 0.3) is 0 Å². The fourth-order valence-corrected chi connectivity index (χ4v) is 3.49. The van der Waals surface area contributed by atoms with E-state index in [4.69, 9.17) is 11.6 Å². The Kier molecular flexibility index (Phi) is 7.12. The van der Waals surface area contributed by atoms with Gasteiger partial charge in [0.15, 0.2) is 0 Å². The molecule has 1 saturated heterocycles. The molecule has 0 spiro atoms. The van der Waals surface area contributed by atoms with E-state index in [1.165, 1.54) is 0 Å². The number of hydrogen-bond acceptors (Lipinski definition) is 4. The SMILES string of the molecule is Cc1cccc(C(=O)NCCC(=O)Nc2cc(Cl)ccc2N2CCN(C)CC2)c1. The van der Waals surface area contributed by atoms with Gasteiger partial charge < -0.3 is 20.4 Å². The number of nitrogens with zero attached hydrogens (tertiary/aromatic N) is 2. The predicted molar refractivity (Wildman–Crippen MR) is 118 cm³/mol. The van der Waals surface area contributed by atoms with Crippen molar-refractivity contribution in [2.75, 3.05) is 50.0 Å². The van der Waals surface area contributed by atoms with Crippen LogP contribution in [0.1, 0.15) is 22.3 Å². The topological polar surface area (TPSA) is 64.7 Å². The van der Waals surface area contributed by atoms with Gasteiger partial charge in [0.2, 0.25) is 5.91 Å². The van der Waals surface area contributed by atoms with Gasteiger partial charge in [-0.3, -0.25) is 9.59 Å². The van der Waals surface area contributed by atoms with Crippen LogP contribution in [0.3, 0.4) is 0 Å². The van der Waals surface area contributed by atoms with Crippen LogP contribution >= 0.6 is 11.6 Å². The Bertz CT molecular complexity index is 879. The van der Waals surface area contributed by atoms with Crippen molar-refractivity contribution in [3.63, 3.8) is 0 Å². The van der Waals surface area contributed by atoms with Gasteiger partial charge in [0.05, 0.1) is 11.4 Å². The zero-order valence-corrected chi connectivity index (χ0v) is 17.6. The monoisotopic (exact) mass is 414 g/mol. The van der Waals surface area contributed by atoms with Gasteiger partial charge in [-0.25, -0.2) is 0 Å². The van der Waals surface area contributed by atoms with Gasteiger partial charge in [-0.15, -0.1) is 0 Å². The second kappa shape index (κ2) is 9.76. The highest BCUT2D eigenvalue weighted by atomic mass is 35.5. The number of piperazine rings is 1. The van der Waals surface area contributed by atoms with Crippen molar-refractivity contribution in [3.05, 3.63) is 58.6 Å². The van der Waals surface area contributed by atoms with E-state index in [1.54, 1.807) is 12.1 Å². The number of aryl methyl sites for hydroxylation is 1. The summed E-state index contributed by atoms with van der Waals surface area (Å²) >= 11 is 6.15. The summed E-state index contributed by atoms with van der Waals surface area (Å²) in [6, 6.07) is 12.9. The summed E-state index contributed by atoms with van der Waals surface area (Å²) in [4.78, 5) is 29.2. The smallest absolute Gasteiger partial charge is 0.251 e. The van der Waals surface area contributed by atoms with Crippen LogP contribution in [0.15, 0.2) is 42.5 Å². The number of amides is 2. The molecule has 0 aliphatic carbocycles. The van der Waals surface area contributed by atoms with Gasteiger partial charge in [-0.1, -0.05) is 29.3 Å². The summed E-state index contributed by atoms with van der Waals surface area (Å²) in [6.45, 7) is 5.94. The molecule has 2 aromatic rings. The van der Waals surface area contributed by atoms with Crippen LogP contribution in [-0.4, -0.2) is 56.5 Å². The average Bonchev–Trinajstić information content (AvgIpc) is 2.69. The van der Waals surface area contributed by atoms with Gasteiger partial charge in [-0.05, 0) is 44.3 Å². The molecule has 1 heterocycles. The third kappa shape index (κ3) is 5.95. The zero-order valence-electron chi connectivity index (χ0n) is 16.9. The third-order valence-corrected chi connectivity index (χ3v) is 5.23. The van der Waals surface area contributed by atoms with Crippen LogP contribution in [0.5, 0.6) is 0 Å². The molecule has 3 rings (SSSR count). The number of carbonyl (C=O) groups is 2. The zero-order chi connectivity index (χ0) is 20.8. The molecule has 2 N–H and O–H groups in total. The average molecular weight is 415 g/mol. The van der Waals surface area contributed by atoms with Crippen molar-refractivity contribution in [2.24, 2.45) is 0 Å². The lowest BCUT2D eigenvalue weighted by molar-refractivity contribution is -0.116. The Hall–Kier alpha value is -2.57. The third-order valence-electron chi connectivity index (χ3n) is 4.99. The van der Waals surface area contributed by atoms with Crippen molar-refractivity contribution in [3.8, 4) is 0 Å². The lowest BCUT2D eigenvalue weighted by atomic mass is 10.1. The van der Waals surface area contributed by atoms with Crippen LogP contribution in [0, 0.1) is 6.92 Å². The number of carbonyl (C=O) groups excluding carboxylic acids is 2. The van der Waals surface area contributed by atoms with E-state index >= 15 is 0 Å². The standard InChI is InChI=1S/C22H27ClN4O2/c1-16-4-3-5-17(14-16)22(29)24-9-8-21(28)25-19-15-18(23)6-7-20(19)27-12-10-26(2)11-13-27/h3-7,14-15H,8-13H2,1-2H3,(H,24,29)(H,25,28). The first-order valence-electron chi connectivity index (χ1n) is 9.80. The van der Waals surface area contributed by atoms with E-state index in [9.17, 15) is 9.59 Å². The summed E-state index contributed by atoms with van der Waals surface area (Å²) in [7, 11) is 2.10. The summed E-state index contributed by atoms with van der Waals surface area (Å²) in [5.41, 5.74) is 3.29. The number of nitrogens with one attached hydrogen (secondary N) is 2. The predicted octanol–water partition coefficient (Wildman–Crippen LogP) is 3.16. The molecule has 6 nitrogen and oxygen atoms in total. The highest BCUT2D eigenvalue weighted by Gasteiger charge is 2.18. The molecular weight excluding hydrogens is 388 g/mol. The Labute approximate surface area is 176 Å². The molecule has 2 aromatic carbocycles. The molecule has 2 amide bonds. The first kappa shape index (κ1) is 21.1. The molecule has 29 heavy (non-hydrogen) atoms. The minimum absolute atomic E-state index is 0.160. The molecule has 1 aliphatic rings. The molecule has 0 aromatic heterocycles. The molecule has 154 valence electrons. The van der Waals surface area contributed by atoms with Crippen LogP contribution < -0.4 is 15.5 Å². The number of hydrogen-bond donors (Lipinski definition) is 2. The van der Waals surface area contributed by atoms with Crippen LogP contribution in [0.2, 0.25) is 5.02 Å². The van der Waals surface area contributed by atoms with Crippen molar-refractivity contribution < 1.29 is 9.59 Å². The van der Waals surface area contributed by atoms with Gasteiger partial charge in [0, 0.05) is 49.7 Å². The normalized spacial score (nSPS) is 14.5. The second-order valence-electron chi connectivity index (χ2n) is 7.38. The highest BCUT2D eigenvalue weighted by molar-refractivity contribution is 6.31. The maximum Gasteiger partial charge on any atom is 0.251 e. The van der Waals surface area contributed by atoms with E-state index < -0.39 is 0 Å². The minimum atomic E-state index is -0.178. The van der Waals surface area contributed by atoms with E-state index in [0.29, 0.717) is 16.3 Å². The Morgan fingerprint density at radius 1 is 1.07 bits per heavy atom. The van der Waals surface area contributed by atoms with Gasteiger partial charge in [0.25, 0.3) is 5.91 Å². The molecule has 1 fully saturated rings. The highest BCUT2D eigenvalue weighted by Crippen LogP contribution is 2.30. The van der Waals surface area contributed by atoms with Crippen molar-refractivity contribution in [1.82, 2.24) is 10.2 Å². The summed E-state index contributed by atoms with van der Waals surface area (Å²) in [5, 5.41) is 6.32. The number of rotatable bonds is 6. The van der Waals surface area contributed by atoms with Crippen molar-refractivity contribution in [1.29, 1.82) is 0 Å². The molecule has 0 saturated carbocycles. The quantitative estimate of drug-likeness (QED) is 0.762. The number of likely N-dealkylation sites (N-methyl/N-ethyl adjacent to an activating group) is 1. The van der Waals surface area contributed by atoms with E-state index in [2.05, 4.69) is 27.5 Å². The number of anilines is 2. The fourth-order valence-electron chi connectivity index (χ4n) is 3.32. The Morgan fingerprint density at radius 2 is 1.83 bits per heavy atom. The van der Waals surface area contributed by atoms with Gasteiger partial charge in [0.1, 0.15) is 0 Å². The van der Waals surface area contributed by atoms with E-state index in [1.807, 2.05) is 37.3 Å². The maximum atomic E-state index is 12.5. The first-order valence-corrected chi connectivity index (χ1v) is 10.2. The fraction of sp³-hybridized carbons (Fsp3) is 0.364. The summed E-state index contributed by atoms with van der Waals surface area (Å²) < 4.78 is 0. The largest absolute Gasteiger partial charge is 0.367 e. The lowest BCUT2D eigenvalue weighted by Crippen LogP contribution is -2.44. The van der Waals surface area contributed by atoms with Crippen molar-refractivity contribution in [2.45, 2.75) is 13.3 Å². The van der Waals surface area contributed by atoms with Crippen molar-refractivity contribution >= 4 is 34.8 Å². The molecule has 7 heteroatoms. The molecule has 0 unspecified atom stereocenters. The van der Waals surface area contributed by atoms with Gasteiger partial charge >= 0.3 is 0 Å². The second-order valence-corrected chi connectivity index (χ2v) is 7.81. The Morgan fingerprint density at radius 3 is 2.55 bits per heavy atom. The summed E-state index contributed by atoms with van der Waals surface area (Å²) in [6.07, 6.45) is 0.187. The number of halogens is 1. The summed E-state index contributed by atoms with van der Waals surface area (Å²) in [5.74, 6) is -0.338. The Balaban J connectivity index is 1.56. The maximum absolute atomic E-state index is 12.5.